The van der Waals surface area contributed by atoms with Gasteiger partial charge in [-0.2, -0.15) is 0 Å². The first-order valence-corrected chi connectivity index (χ1v) is 7.07. The Labute approximate surface area is 114 Å². The van der Waals surface area contributed by atoms with Gasteiger partial charge in [0, 0.05) is 0 Å². The number of anilines is 2. The average Bonchev–Trinajstić information content (AvgIpc) is 2.72. The van der Waals surface area contributed by atoms with Gasteiger partial charge in [-0.15, -0.1) is 11.3 Å². The van der Waals surface area contributed by atoms with E-state index < -0.39 is 12.2 Å². The lowest BCUT2D eigenvalue weighted by atomic mass is 9.84. The first-order valence-electron chi connectivity index (χ1n) is 6.19. The van der Waals surface area contributed by atoms with Crippen LogP contribution in [0.15, 0.2) is 5.38 Å². The van der Waals surface area contributed by atoms with Crippen LogP contribution in [0.25, 0.3) is 0 Å². The topological polar surface area (TPSA) is 98.7 Å². The van der Waals surface area contributed by atoms with Crippen molar-refractivity contribution in [3.8, 4) is 0 Å². The number of nitrogens with one attached hydrogen (secondary N) is 2. The van der Waals surface area contributed by atoms with E-state index in [0.717, 1.165) is 31.2 Å². The van der Waals surface area contributed by atoms with Gasteiger partial charge in [-0.3, -0.25) is 10.6 Å². The Kier molecular flexibility index (Phi) is 4.26. The number of carbonyl (C=O) groups is 2. The lowest BCUT2D eigenvalue weighted by Crippen LogP contribution is -2.14. The number of carboxylic acid groups (broad SMARTS) is 2. The zero-order chi connectivity index (χ0) is 13.8. The molecule has 1 aromatic rings. The molecule has 0 aromatic carbocycles. The first kappa shape index (κ1) is 13.7. The molecule has 2 rings (SSSR count). The normalized spacial score (nSPS) is 16.0. The zero-order valence-electron chi connectivity index (χ0n) is 10.3. The lowest BCUT2D eigenvalue weighted by molar-refractivity contribution is 0.208. The second-order valence-corrected chi connectivity index (χ2v) is 5.47. The molecule has 0 unspecified atom stereocenters. The highest BCUT2D eigenvalue weighted by atomic mass is 32.1. The van der Waals surface area contributed by atoms with E-state index in [-0.39, 0.29) is 0 Å². The van der Waals surface area contributed by atoms with Crippen molar-refractivity contribution >= 4 is 34.2 Å². The monoisotopic (exact) mass is 284 g/mol. The van der Waals surface area contributed by atoms with Crippen molar-refractivity contribution in [2.75, 3.05) is 10.6 Å². The van der Waals surface area contributed by atoms with E-state index in [1.807, 2.05) is 5.38 Å². The number of hydrogen-bond acceptors (Lipinski definition) is 3. The highest BCUT2D eigenvalue weighted by molar-refractivity contribution is 7.15. The van der Waals surface area contributed by atoms with Gasteiger partial charge >= 0.3 is 12.2 Å². The minimum Gasteiger partial charge on any atom is -0.465 e. The zero-order valence-corrected chi connectivity index (χ0v) is 11.1. The molecule has 6 nitrogen and oxygen atoms in total. The summed E-state index contributed by atoms with van der Waals surface area (Å²) < 4.78 is 0. The van der Waals surface area contributed by atoms with Gasteiger partial charge in [0.2, 0.25) is 0 Å². The molecule has 0 spiro atoms. The van der Waals surface area contributed by atoms with Crippen molar-refractivity contribution in [2.24, 2.45) is 0 Å². The maximum atomic E-state index is 10.9. The van der Waals surface area contributed by atoms with Crippen LogP contribution in [-0.4, -0.2) is 22.4 Å². The second-order valence-electron chi connectivity index (χ2n) is 4.59. The first-order chi connectivity index (χ1) is 9.08. The quantitative estimate of drug-likeness (QED) is 0.674. The van der Waals surface area contributed by atoms with Crippen LogP contribution in [0.1, 0.15) is 43.6 Å². The molecule has 0 saturated heterocycles. The van der Waals surface area contributed by atoms with E-state index in [1.165, 1.54) is 17.8 Å². The van der Waals surface area contributed by atoms with E-state index >= 15 is 0 Å². The summed E-state index contributed by atoms with van der Waals surface area (Å²) in [5.74, 6) is 0.316. The predicted octanol–water partition coefficient (Wildman–Crippen LogP) is 3.98. The SMILES string of the molecule is O=C(O)Nc1scc(C2CCCCC2)c1NC(=O)O. The molecule has 104 valence electrons. The highest BCUT2D eigenvalue weighted by Gasteiger charge is 2.23. The molecular formula is C12H16N2O4S. The molecule has 4 N–H and O–H groups in total. The van der Waals surface area contributed by atoms with E-state index in [2.05, 4.69) is 10.6 Å². The van der Waals surface area contributed by atoms with Crippen LogP contribution < -0.4 is 10.6 Å². The van der Waals surface area contributed by atoms with E-state index in [1.54, 1.807) is 0 Å². The third kappa shape index (κ3) is 3.37. The Morgan fingerprint density at radius 3 is 2.32 bits per heavy atom. The highest BCUT2D eigenvalue weighted by Crippen LogP contribution is 2.43. The van der Waals surface area contributed by atoms with Gasteiger partial charge in [-0.05, 0) is 29.7 Å². The minimum atomic E-state index is -1.19. The van der Waals surface area contributed by atoms with Crippen molar-refractivity contribution in [3.05, 3.63) is 10.9 Å². The summed E-state index contributed by atoms with van der Waals surface area (Å²) in [5, 5.41) is 24.4. The van der Waals surface area contributed by atoms with Gasteiger partial charge in [-0.25, -0.2) is 9.59 Å². The van der Waals surface area contributed by atoms with Crippen molar-refractivity contribution in [2.45, 2.75) is 38.0 Å². The molecule has 19 heavy (non-hydrogen) atoms. The van der Waals surface area contributed by atoms with Crippen LogP contribution in [0, 0.1) is 0 Å². The average molecular weight is 284 g/mol. The van der Waals surface area contributed by atoms with Gasteiger partial charge in [0.1, 0.15) is 5.00 Å². The fourth-order valence-corrected chi connectivity index (χ4v) is 3.50. The molecule has 1 aromatic heterocycles. The van der Waals surface area contributed by atoms with E-state index in [9.17, 15) is 9.59 Å². The van der Waals surface area contributed by atoms with Gasteiger partial charge in [0.05, 0.1) is 5.69 Å². The van der Waals surface area contributed by atoms with Crippen molar-refractivity contribution in [3.63, 3.8) is 0 Å². The number of amides is 2. The summed E-state index contributed by atoms with van der Waals surface area (Å²) in [4.78, 5) is 21.6. The smallest absolute Gasteiger partial charge is 0.409 e. The maximum Gasteiger partial charge on any atom is 0.409 e. The van der Waals surface area contributed by atoms with Crippen LogP contribution in [0.2, 0.25) is 0 Å². The second kappa shape index (κ2) is 5.92. The van der Waals surface area contributed by atoms with Crippen LogP contribution in [-0.2, 0) is 0 Å². The molecule has 2 amide bonds. The van der Waals surface area contributed by atoms with Crippen LogP contribution in [0.4, 0.5) is 20.3 Å². The van der Waals surface area contributed by atoms with Crippen molar-refractivity contribution < 1.29 is 19.8 Å². The molecule has 1 saturated carbocycles. The van der Waals surface area contributed by atoms with Crippen LogP contribution >= 0.6 is 11.3 Å². The van der Waals surface area contributed by atoms with Crippen LogP contribution in [0.5, 0.6) is 0 Å². The molecule has 7 heteroatoms. The Bertz CT molecular complexity index is 480. The Morgan fingerprint density at radius 1 is 1.11 bits per heavy atom. The van der Waals surface area contributed by atoms with Crippen molar-refractivity contribution in [1.82, 2.24) is 0 Å². The Morgan fingerprint density at radius 2 is 1.74 bits per heavy atom. The number of rotatable bonds is 3. The third-order valence-electron chi connectivity index (χ3n) is 3.32. The molecule has 0 aliphatic heterocycles. The van der Waals surface area contributed by atoms with Crippen LogP contribution in [0.3, 0.4) is 0 Å². The van der Waals surface area contributed by atoms with Gasteiger partial charge in [0.25, 0.3) is 0 Å². The molecular weight excluding hydrogens is 268 g/mol. The largest absolute Gasteiger partial charge is 0.465 e. The number of thiophene rings is 1. The summed E-state index contributed by atoms with van der Waals surface area (Å²) in [7, 11) is 0. The molecule has 0 atom stereocenters. The predicted molar refractivity (Wildman–Crippen MR) is 73.4 cm³/mol. The summed E-state index contributed by atoms with van der Waals surface area (Å²) in [5.41, 5.74) is 1.31. The molecule has 1 fully saturated rings. The minimum absolute atomic E-state index is 0.316. The van der Waals surface area contributed by atoms with Crippen molar-refractivity contribution in [1.29, 1.82) is 0 Å². The fourth-order valence-electron chi connectivity index (χ4n) is 2.51. The molecule has 1 aliphatic carbocycles. The summed E-state index contributed by atoms with van der Waals surface area (Å²) in [6, 6.07) is 0. The van der Waals surface area contributed by atoms with E-state index in [4.69, 9.17) is 10.2 Å². The molecule has 0 bridgehead atoms. The summed E-state index contributed by atoms with van der Waals surface area (Å²) in [6.45, 7) is 0. The standard InChI is InChI=1S/C12H16N2O4S/c15-11(16)13-9-8(7-4-2-1-3-5-7)6-19-10(9)14-12(17)18/h6-7,13-14H,1-5H2,(H,15,16)(H,17,18). The molecule has 1 heterocycles. The number of hydrogen-bond donors (Lipinski definition) is 4. The van der Waals surface area contributed by atoms with Gasteiger partial charge in [0.15, 0.2) is 0 Å². The molecule has 0 radical (unpaired) electrons. The fraction of sp³-hybridized carbons (Fsp3) is 0.500. The Balaban J connectivity index is 2.27. The third-order valence-corrected chi connectivity index (χ3v) is 4.23. The van der Waals surface area contributed by atoms with Gasteiger partial charge in [-0.1, -0.05) is 19.3 Å². The maximum absolute atomic E-state index is 10.9. The lowest BCUT2D eigenvalue weighted by Gasteiger charge is -2.22. The summed E-state index contributed by atoms with van der Waals surface area (Å²) in [6.07, 6.45) is 3.16. The van der Waals surface area contributed by atoms with Gasteiger partial charge < -0.3 is 10.2 Å². The molecule has 1 aliphatic rings. The summed E-state index contributed by atoms with van der Waals surface area (Å²) >= 11 is 1.22. The Hall–Kier alpha value is -1.76. The van der Waals surface area contributed by atoms with E-state index in [0.29, 0.717) is 16.6 Å².